The van der Waals surface area contributed by atoms with Crippen molar-refractivity contribution in [1.29, 1.82) is 0 Å². The van der Waals surface area contributed by atoms with Gasteiger partial charge < -0.3 is 9.80 Å². The van der Waals surface area contributed by atoms with Crippen LogP contribution in [0.2, 0.25) is 0 Å². The monoisotopic (exact) mass is 1180 g/mol. The predicted molar refractivity (Wildman–Crippen MR) is 385 cm³/mol. The number of nitrogens with zero attached hydrogens (tertiary/aromatic N) is 5. The average molecular weight is 1180 g/mol. The van der Waals surface area contributed by atoms with E-state index >= 15 is 0 Å². The Kier molecular flexibility index (Phi) is 14.3. The summed E-state index contributed by atoms with van der Waals surface area (Å²) in [4.78, 5) is 20.1. The maximum absolute atomic E-state index is 5.03. The van der Waals surface area contributed by atoms with Crippen LogP contribution in [0, 0.1) is 6.92 Å². The molecule has 0 amide bonds. The zero-order valence-corrected chi connectivity index (χ0v) is 51.1. The van der Waals surface area contributed by atoms with Gasteiger partial charge in [0.25, 0.3) is 6.71 Å². The van der Waals surface area contributed by atoms with Crippen LogP contribution in [-0.4, -0.2) is 28.0 Å². The SMILES string of the molecule is C=Pc1cc(-c2ccccc2)cc(N2c3ccccc3B3c4ccccc4N(c4cc(-c5ccccc5)cc(-c5ccccc5)c4)c4cc(-c5ccc(C)c(-c6ccccc6Cc6ccc(-c7nc(-c8ccccc8)nc(-c8ccccc8)n7)cc6)c5)cc2c43)c1. The highest BCUT2D eigenvalue weighted by atomic mass is 31.1. The number of hydrogen-bond donors (Lipinski definition) is 0. The minimum absolute atomic E-state index is 0.0575. The van der Waals surface area contributed by atoms with Crippen molar-refractivity contribution in [3.63, 3.8) is 0 Å². The minimum Gasteiger partial charge on any atom is -0.311 e. The molecule has 1 aromatic heterocycles. The minimum atomic E-state index is -0.0575. The molecular weight excluding hydrogens is 1120 g/mol. The molecular formula is C84H59BN5P. The molecule has 3 heterocycles. The molecule has 14 aromatic rings. The van der Waals surface area contributed by atoms with Gasteiger partial charge in [0.2, 0.25) is 0 Å². The van der Waals surface area contributed by atoms with Crippen LogP contribution < -0.4 is 31.5 Å². The van der Waals surface area contributed by atoms with Crippen LogP contribution in [0.5, 0.6) is 0 Å². The first-order valence-electron chi connectivity index (χ1n) is 31.0. The molecule has 0 N–H and O–H groups in total. The summed E-state index contributed by atoms with van der Waals surface area (Å²) >= 11 is 0. The molecule has 428 valence electrons. The molecule has 0 saturated heterocycles. The lowest BCUT2D eigenvalue weighted by atomic mass is 9.33. The van der Waals surface area contributed by atoms with Crippen LogP contribution in [0.3, 0.4) is 0 Å². The third-order valence-corrected chi connectivity index (χ3v) is 18.5. The van der Waals surface area contributed by atoms with Crippen molar-refractivity contribution in [2.24, 2.45) is 0 Å². The van der Waals surface area contributed by atoms with E-state index in [1.807, 2.05) is 60.7 Å². The lowest BCUT2D eigenvalue weighted by molar-refractivity contribution is 1.07. The van der Waals surface area contributed by atoms with Gasteiger partial charge in [0.05, 0.1) is 0 Å². The highest BCUT2D eigenvalue weighted by molar-refractivity contribution is 7.45. The zero-order valence-electron chi connectivity index (χ0n) is 50.2. The van der Waals surface area contributed by atoms with Crippen LogP contribution in [-0.2, 0) is 6.42 Å². The molecule has 0 spiro atoms. The Balaban J connectivity index is 0.860. The van der Waals surface area contributed by atoms with E-state index in [0.29, 0.717) is 17.5 Å². The fourth-order valence-electron chi connectivity index (χ4n) is 13.5. The largest absolute Gasteiger partial charge is 0.311 e. The van der Waals surface area contributed by atoms with Crippen molar-refractivity contribution in [3.05, 3.63) is 332 Å². The first kappa shape index (κ1) is 55.0. The number of fused-ring (bicyclic) bond motifs is 4. The van der Waals surface area contributed by atoms with Crippen LogP contribution in [0.15, 0.2) is 315 Å². The van der Waals surface area contributed by atoms with Gasteiger partial charge in [0.1, 0.15) is 0 Å². The molecule has 2 aliphatic rings. The lowest BCUT2D eigenvalue weighted by Crippen LogP contribution is -2.61. The Morgan fingerprint density at radius 1 is 0.330 bits per heavy atom. The molecule has 0 aliphatic carbocycles. The Hall–Kier alpha value is -11.3. The Bertz CT molecular complexity index is 4950. The molecule has 0 atom stereocenters. The van der Waals surface area contributed by atoms with Gasteiger partial charge in [0.15, 0.2) is 17.5 Å². The Labute approximate surface area is 533 Å². The molecule has 0 unspecified atom stereocenters. The second-order valence-electron chi connectivity index (χ2n) is 23.5. The molecule has 2 aliphatic heterocycles. The maximum atomic E-state index is 5.03. The molecule has 91 heavy (non-hydrogen) atoms. The van der Waals surface area contributed by atoms with Crippen molar-refractivity contribution in [3.8, 4) is 89.8 Å². The van der Waals surface area contributed by atoms with Gasteiger partial charge in [-0.3, -0.25) is 0 Å². The van der Waals surface area contributed by atoms with E-state index in [1.165, 1.54) is 60.9 Å². The number of aryl methyl sites for hydroxylation is 1. The van der Waals surface area contributed by atoms with E-state index in [2.05, 4.69) is 278 Å². The van der Waals surface area contributed by atoms with Crippen molar-refractivity contribution < 1.29 is 0 Å². The second-order valence-corrected chi connectivity index (χ2v) is 24.3. The van der Waals surface area contributed by atoms with Gasteiger partial charge in [0, 0.05) is 56.1 Å². The van der Waals surface area contributed by atoms with E-state index in [9.17, 15) is 0 Å². The van der Waals surface area contributed by atoms with Crippen molar-refractivity contribution in [2.45, 2.75) is 13.3 Å². The molecule has 0 radical (unpaired) electrons. The van der Waals surface area contributed by atoms with E-state index in [4.69, 9.17) is 15.0 Å². The molecule has 0 saturated carbocycles. The van der Waals surface area contributed by atoms with Crippen LogP contribution in [0.25, 0.3) is 89.8 Å². The van der Waals surface area contributed by atoms with Crippen molar-refractivity contribution in [2.75, 3.05) is 9.80 Å². The smallest absolute Gasteiger partial charge is 0.252 e. The van der Waals surface area contributed by atoms with E-state index in [1.54, 1.807) is 0 Å². The number of rotatable bonds is 13. The fraction of sp³-hybridized carbons (Fsp3) is 0.0238. The molecule has 16 rings (SSSR count). The highest BCUT2D eigenvalue weighted by Crippen LogP contribution is 2.48. The van der Waals surface area contributed by atoms with Gasteiger partial charge in [-0.05, 0) is 169 Å². The molecule has 0 fully saturated rings. The summed E-state index contributed by atoms with van der Waals surface area (Å²) in [6, 6.07) is 115. The maximum Gasteiger partial charge on any atom is 0.252 e. The molecule has 5 nitrogen and oxygen atoms in total. The van der Waals surface area contributed by atoms with Crippen LogP contribution in [0.4, 0.5) is 34.1 Å². The highest BCUT2D eigenvalue weighted by Gasteiger charge is 2.44. The average Bonchev–Trinajstić information content (AvgIpc) is 0.761. The van der Waals surface area contributed by atoms with Crippen molar-refractivity contribution in [1.82, 2.24) is 15.0 Å². The second kappa shape index (κ2) is 23.7. The normalized spacial score (nSPS) is 12.1. The first-order chi connectivity index (χ1) is 45.0. The summed E-state index contributed by atoms with van der Waals surface area (Å²) in [5.41, 5.74) is 28.7. The number of aromatic nitrogens is 3. The summed E-state index contributed by atoms with van der Waals surface area (Å²) in [5, 5.41) is 1.15. The fourth-order valence-corrected chi connectivity index (χ4v) is 14.0. The summed E-state index contributed by atoms with van der Waals surface area (Å²) in [6.07, 6.45) is 5.18. The topological polar surface area (TPSA) is 45.2 Å². The summed E-state index contributed by atoms with van der Waals surface area (Å²) in [6.45, 7) is 2.19. The van der Waals surface area contributed by atoms with E-state index in [0.717, 1.165) is 98.6 Å². The van der Waals surface area contributed by atoms with Gasteiger partial charge in [-0.25, -0.2) is 15.0 Å². The third kappa shape index (κ3) is 10.4. The molecule has 0 bridgehead atoms. The molecule has 7 heteroatoms. The van der Waals surface area contributed by atoms with Gasteiger partial charge in [-0.1, -0.05) is 263 Å². The zero-order chi connectivity index (χ0) is 60.8. The summed E-state index contributed by atoms with van der Waals surface area (Å²) in [5.74, 6) is 1.93. The quantitative estimate of drug-likeness (QED) is 0.0850. The summed E-state index contributed by atoms with van der Waals surface area (Å²) in [7, 11) is 0.945. The number of benzene rings is 13. The molecule has 13 aromatic carbocycles. The third-order valence-electron chi connectivity index (χ3n) is 17.9. The van der Waals surface area contributed by atoms with Crippen molar-refractivity contribution >= 4 is 77.0 Å². The van der Waals surface area contributed by atoms with E-state index in [-0.39, 0.29) is 6.71 Å². The van der Waals surface area contributed by atoms with Gasteiger partial charge in [-0.2, -0.15) is 0 Å². The van der Waals surface area contributed by atoms with Gasteiger partial charge in [-0.15, -0.1) is 0 Å². The first-order valence-corrected chi connectivity index (χ1v) is 32.1. The standard InChI is InChI=1S/C84H59BN5P/c1-56-40-43-64(52-74(56)73-35-19-18-34-65(73)46-57-41-44-63(45-42-57)84-87-82(61-30-14-6-15-31-61)86-83(88-84)62-32-16-7-17-33-62)69-53-79-81-80(54-69)90(71-50-68(51-72(55-71)91-2)60-28-12-5-13-29-60)78-39-23-21-37-76(78)85(81)75-36-20-22-38-77(75)89(79)70-48-66(58-24-8-3-9-25-58)47-67(49-70)59-26-10-4-11-27-59/h3-45,47-55H,2,46H2,1H3. The predicted octanol–water partition coefficient (Wildman–Crippen LogP) is 19.2. The summed E-state index contributed by atoms with van der Waals surface area (Å²) < 4.78 is 0. The van der Waals surface area contributed by atoms with Crippen LogP contribution >= 0.6 is 8.20 Å². The van der Waals surface area contributed by atoms with Gasteiger partial charge >= 0.3 is 0 Å². The van der Waals surface area contributed by atoms with Crippen LogP contribution in [0.1, 0.15) is 16.7 Å². The number of para-hydroxylation sites is 2. The lowest BCUT2D eigenvalue weighted by Gasteiger charge is -2.44. The van der Waals surface area contributed by atoms with E-state index < -0.39 is 0 Å². The number of hydrogen-bond acceptors (Lipinski definition) is 5. The number of anilines is 6. The Morgan fingerprint density at radius 3 is 1.24 bits per heavy atom. The Morgan fingerprint density at radius 2 is 0.736 bits per heavy atom.